The predicted molar refractivity (Wildman–Crippen MR) is 55.9 cm³/mol. The molecule has 0 aliphatic carbocycles. The molecule has 1 aromatic heterocycles. The number of hydrogen-bond donors (Lipinski definition) is 2. The molecule has 0 fully saturated rings. The molecule has 0 unspecified atom stereocenters. The number of nitrogens with zero attached hydrogens (tertiary/aromatic N) is 1. The van der Waals surface area contributed by atoms with Crippen molar-refractivity contribution in [1.29, 1.82) is 0 Å². The number of halogens is 1. The average molecular weight is 245 g/mol. The van der Waals surface area contributed by atoms with Crippen LogP contribution in [0.2, 0.25) is 0 Å². The second-order valence-electron chi connectivity index (χ2n) is 2.76. The highest BCUT2D eigenvalue weighted by molar-refractivity contribution is 7.79. The van der Waals surface area contributed by atoms with E-state index in [1.807, 2.05) is 12.1 Å². The molecular weight excluding hydrogens is 237 g/mol. The van der Waals surface area contributed by atoms with E-state index in [1.165, 1.54) is 6.07 Å². The van der Waals surface area contributed by atoms with E-state index in [0.717, 1.165) is 5.39 Å². The zero-order valence-electron chi connectivity index (χ0n) is 7.91. The molecule has 0 saturated carbocycles. The zero-order valence-corrected chi connectivity index (χ0v) is 8.72. The van der Waals surface area contributed by atoms with Crippen LogP contribution < -0.4 is 0 Å². The van der Waals surface area contributed by atoms with E-state index in [1.54, 1.807) is 18.3 Å². The number of benzene rings is 1. The van der Waals surface area contributed by atoms with Crippen LogP contribution in [0.1, 0.15) is 0 Å². The molecule has 86 valence electrons. The molecule has 0 atom stereocenters. The average Bonchev–Trinajstić information content (AvgIpc) is 2.16. The van der Waals surface area contributed by atoms with Crippen LogP contribution in [0, 0.1) is 5.82 Å². The number of aromatic nitrogens is 1. The minimum absolute atomic E-state index is 0.261. The largest absolute Gasteiger partial charge is 0.394 e. The summed E-state index contributed by atoms with van der Waals surface area (Å²) in [6.45, 7) is 0. The number of para-hydroxylation sites is 1. The maximum atomic E-state index is 12.9. The normalized spacial score (nSPS) is 10.7. The Kier molecular flexibility index (Phi) is 3.88. The number of pyridine rings is 1. The van der Waals surface area contributed by atoms with Crippen LogP contribution in [-0.4, -0.2) is 22.5 Å². The van der Waals surface area contributed by atoms with Crippen molar-refractivity contribution in [1.82, 2.24) is 4.98 Å². The maximum absolute atomic E-state index is 12.9. The highest BCUT2D eigenvalue weighted by Crippen LogP contribution is 2.13. The van der Waals surface area contributed by atoms with Gasteiger partial charge in [0.15, 0.2) is 0 Å². The van der Waals surface area contributed by atoms with Gasteiger partial charge >= 0.3 is 10.4 Å². The second-order valence-corrected chi connectivity index (χ2v) is 3.66. The van der Waals surface area contributed by atoms with Crippen molar-refractivity contribution in [2.75, 3.05) is 0 Å². The van der Waals surface area contributed by atoms with Crippen LogP contribution in [0.15, 0.2) is 36.5 Å². The molecular formula is C9H8FNO4S. The molecule has 16 heavy (non-hydrogen) atoms. The minimum atomic E-state index is -4.67. The van der Waals surface area contributed by atoms with Crippen molar-refractivity contribution < 1.29 is 21.9 Å². The summed E-state index contributed by atoms with van der Waals surface area (Å²) < 4.78 is 44.5. The first-order chi connectivity index (χ1) is 7.38. The van der Waals surface area contributed by atoms with E-state index in [0.29, 0.717) is 5.52 Å². The fraction of sp³-hybridized carbons (Fsp3) is 0. The molecule has 2 aromatic rings. The molecule has 0 bridgehead atoms. The third-order valence-electron chi connectivity index (χ3n) is 1.58. The lowest BCUT2D eigenvalue weighted by atomic mass is 10.2. The van der Waals surface area contributed by atoms with E-state index in [-0.39, 0.29) is 5.82 Å². The van der Waals surface area contributed by atoms with E-state index >= 15 is 0 Å². The Hall–Kier alpha value is -1.57. The molecule has 1 aromatic carbocycles. The number of fused-ring (bicyclic) bond motifs is 1. The van der Waals surface area contributed by atoms with Crippen molar-refractivity contribution in [3.05, 3.63) is 42.3 Å². The van der Waals surface area contributed by atoms with E-state index in [2.05, 4.69) is 4.98 Å². The number of rotatable bonds is 0. The lowest BCUT2D eigenvalue weighted by Gasteiger charge is -1.94. The van der Waals surface area contributed by atoms with Gasteiger partial charge in [-0.3, -0.25) is 14.1 Å². The summed E-state index contributed by atoms with van der Waals surface area (Å²) in [6.07, 6.45) is 1.59. The predicted octanol–water partition coefficient (Wildman–Crippen LogP) is 1.72. The Morgan fingerprint density at radius 2 is 1.69 bits per heavy atom. The molecule has 2 rings (SSSR count). The summed E-state index contributed by atoms with van der Waals surface area (Å²) in [7, 11) is -4.67. The van der Waals surface area contributed by atoms with Crippen LogP contribution in [0.25, 0.3) is 10.9 Å². The molecule has 0 aliphatic heterocycles. The summed E-state index contributed by atoms with van der Waals surface area (Å²) in [5.74, 6) is -0.261. The van der Waals surface area contributed by atoms with Gasteiger partial charge in [-0.15, -0.1) is 0 Å². The Bertz CT molecular complexity index is 572. The summed E-state index contributed by atoms with van der Waals surface area (Å²) in [5, 5.41) is 0.840. The summed E-state index contributed by atoms with van der Waals surface area (Å²) in [6, 6.07) is 8.56. The quantitative estimate of drug-likeness (QED) is 0.690. The fourth-order valence-electron chi connectivity index (χ4n) is 1.07. The minimum Gasteiger partial charge on any atom is -0.264 e. The standard InChI is InChI=1S/C9H6FN.H2O4S/c10-8-5-1-3-7-4-2-6-11-9(7)8;1-5(2,3)4/h1-6H;(H2,1,2,3,4). The lowest BCUT2D eigenvalue weighted by molar-refractivity contribution is 0.381. The first kappa shape index (κ1) is 12.5. The van der Waals surface area contributed by atoms with Gasteiger partial charge in [-0.05, 0) is 12.1 Å². The first-order valence-electron chi connectivity index (χ1n) is 4.07. The molecule has 0 radical (unpaired) electrons. The number of hydrogen-bond acceptors (Lipinski definition) is 3. The van der Waals surface area contributed by atoms with Crippen molar-refractivity contribution in [2.24, 2.45) is 0 Å². The van der Waals surface area contributed by atoms with E-state index in [4.69, 9.17) is 17.5 Å². The Labute approximate surface area is 91.1 Å². The van der Waals surface area contributed by atoms with E-state index < -0.39 is 10.4 Å². The summed E-state index contributed by atoms with van der Waals surface area (Å²) >= 11 is 0. The molecule has 5 nitrogen and oxygen atoms in total. The first-order valence-corrected chi connectivity index (χ1v) is 5.47. The fourth-order valence-corrected chi connectivity index (χ4v) is 1.07. The van der Waals surface area contributed by atoms with Gasteiger partial charge in [0.2, 0.25) is 0 Å². The molecule has 0 amide bonds. The van der Waals surface area contributed by atoms with Crippen molar-refractivity contribution in [3.63, 3.8) is 0 Å². The third-order valence-corrected chi connectivity index (χ3v) is 1.58. The zero-order chi connectivity index (χ0) is 12.2. The smallest absolute Gasteiger partial charge is 0.264 e. The SMILES string of the molecule is Fc1cccc2cccnc12.O=S(=O)(O)O. The van der Waals surface area contributed by atoms with Crippen LogP contribution in [0.5, 0.6) is 0 Å². The maximum Gasteiger partial charge on any atom is 0.394 e. The topological polar surface area (TPSA) is 87.5 Å². The highest BCUT2D eigenvalue weighted by Gasteiger charge is 1.97. The Balaban J connectivity index is 0.000000221. The van der Waals surface area contributed by atoms with Gasteiger partial charge in [0.25, 0.3) is 0 Å². The van der Waals surface area contributed by atoms with Gasteiger partial charge in [-0.2, -0.15) is 8.42 Å². The van der Waals surface area contributed by atoms with Crippen LogP contribution >= 0.6 is 0 Å². The second kappa shape index (κ2) is 4.97. The monoisotopic (exact) mass is 245 g/mol. The van der Waals surface area contributed by atoms with Crippen LogP contribution in [-0.2, 0) is 10.4 Å². The van der Waals surface area contributed by atoms with Crippen LogP contribution in [0.3, 0.4) is 0 Å². The van der Waals surface area contributed by atoms with Crippen molar-refractivity contribution in [3.8, 4) is 0 Å². The molecule has 0 saturated heterocycles. The van der Waals surface area contributed by atoms with Crippen LogP contribution in [0.4, 0.5) is 4.39 Å². The van der Waals surface area contributed by atoms with Gasteiger partial charge in [0, 0.05) is 11.6 Å². The molecule has 0 aliphatic rings. The van der Waals surface area contributed by atoms with Crippen molar-refractivity contribution >= 4 is 21.3 Å². The van der Waals surface area contributed by atoms with Gasteiger partial charge in [0.05, 0.1) is 0 Å². The lowest BCUT2D eigenvalue weighted by Crippen LogP contribution is -1.89. The van der Waals surface area contributed by atoms with Gasteiger partial charge < -0.3 is 0 Å². The molecule has 0 spiro atoms. The molecule has 7 heteroatoms. The Morgan fingerprint density at radius 3 is 2.25 bits per heavy atom. The van der Waals surface area contributed by atoms with Gasteiger partial charge in [0.1, 0.15) is 11.3 Å². The summed E-state index contributed by atoms with van der Waals surface area (Å²) in [4.78, 5) is 3.91. The molecule has 2 N–H and O–H groups in total. The highest BCUT2D eigenvalue weighted by atomic mass is 32.3. The third kappa shape index (κ3) is 4.30. The summed E-state index contributed by atoms with van der Waals surface area (Å²) in [5.41, 5.74) is 0.440. The van der Waals surface area contributed by atoms with Gasteiger partial charge in [-0.25, -0.2) is 4.39 Å². The Morgan fingerprint density at radius 1 is 1.12 bits per heavy atom. The molecule has 1 heterocycles. The van der Waals surface area contributed by atoms with Gasteiger partial charge in [-0.1, -0.05) is 18.2 Å². The van der Waals surface area contributed by atoms with E-state index in [9.17, 15) is 4.39 Å². The van der Waals surface area contributed by atoms with Crippen molar-refractivity contribution in [2.45, 2.75) is 0 Å².